The van der Waals surface area contributed by atoms with Crippen molar-refractivity contribution in [1.29, 1.82) is 0 Å². The van der Waals surface area contributed by atoms with Crippen LogP contribution in [0.3, 0.4) is 0 Å². The Balaban J connectivity index is 1.46. The van der Waals surface area contributed by atoms with Crippen molar-refractivity contribution in [3.05, 3.63) is 29.8 Å². The Morgan fingerprint density at radius 2 is 1.85 bits per heavy atom. The molecule has 3 amide bonds. The second-order valence-corrected chi connectivity index (χ2v) is 7.61. The molecule has 0 aromatic heterocycles. The molecule has 1 saturated heterocycles. The fourth-order valence-electron chi connectivity index (χ4n) is 4.42. The van der Waals surface area contributed by atoms with E-state index >= 15 is 0 Å². The van der Waals surface area contributed by atoms with Crippen LogP contribution in [0.25, 0.3) is 0 Å². The van der Waals surface area contributed by atoms with Gasteiger partial charge in [0.15, 0.2) is 0 Å². The zero-order valence-electron chi connectivity index (χ0n) is 14.9. The number of hydrogen-bond acceptors (Lipinski definition) is 3. The number of anilines is 1. The Bertz CT molecular complexity index is 727. The van der Waals surface area contributed by atoms with Crippen LogP contribution < -0.4 is 10.6 Å². The van der Waals surface area contributed by atoms with Gasteiger partial charge in [-0.3, -0.25) is 14.4 Å². The molecule has 6 nitrogen and oxygen atoms in total. The van der Waals surface area contributed by atoms with Gasteiger partial charge in [-0.1, -0.05) is 31.4 Å². The van der Waals surface area contributed by atoms with Gasteiger partial charge in [-0.25, -0.2) is 0 Å². The van der Waals surface area contributed by atoms with Crippen LogP contribution in [0.2, 0.25) is 0 Å². The minimum atomic E-state index is -0.527. The molecule has 26 heavy (non-hydrogen) atoms. The standard InChI is InChI=1S/C20H25N3O3/c24-18(13-6-2-1-3-7-13)21-14-10-11-23-17(12-14)19(25)22-16-9-5-4-8-15(16)20(23)26/h4-5,8-9,13-14,17H,1-3,6-7,10-12H2,(H,21,24)(H,22,25). The zero-order chi connectivity index (χ0) is 18.1. The lowest BCUT2D eigenvalue weighted by Gasteiger charge is -2.38. The van der Waals surface area contributed by atoms with Gasteiger partial charge in [-0.05, 0) is 37.8 Å². The van der Waals surface area contributed by atoms with Crippen LogP contribution in [0.5, 0.6) is 0 Å². The maximum Gasteiger partial charge on any atom is 0.256 e. The molecule has 2 heterocycles. The summed E-state index contributed by atoms with van der Waals surface area (Å²) in [4.78, 5) is 39.7. The highest BCUT2D eigenvalue weighted by atomic mass is 16.2. The van der Waals surface area contributed by atoms with Crippen LogP contribution in [0.4, 0.5) is 5.69 Å². The van der Waals surface area contributed by atoms with Gasteiger partial charge in [0.2, 0.25) is 11.8 Å². The van der Waals surface area contributed by atoms with E-state index in [4.69, 9.17) is 0 Å². The van der Waals surface area contributed by atoms with Crippen molar-refractivity contribution in [3.8, 4) is 0 Å². The molecule has 138 valence electrons. The van der Waals surface area contributed by atoms with E-state index in [1.165, 1.54) is 6.42 Å². The topological polar surface area (TPSA) is 78.5 Å². The van der Waals surface area contributed by atoms with Crippen molar-refractivity contribution in [2.45, 2.75) is 57.0 Å². The van der Waals surface area contributed by atoms with Crippen molar-refractivity contribution in [2.75, 3.05) is 11.9 Å². The van der Waals surface area contributed by atoms with Crippen LogP contribution in [-0.4, -0.2) is 41.2 Å². The molecule has 0 radical (unpaired) electrons. The molecule has 0 bridgehead atoms. The molecular weight excluding hydrogens is 330 g/mol. The molecule has 0 spiro atoms. The number of carbonyl (C=O) groups excluding carboxylic acids is 3. The average Bonchev–Trinajstić information content (AvgIpc) is 2.78. The van der Waals surface area contributed by atoms with Gasteiger partial charge in [-0.15, -0.1) is 0 Å². The average molecular weight is 355 g/mol. The first kappa shape index (κ1) is 17.1. The Labute approximate surface area is 153 Å². The highest BCUT2D eigenvalue weighted by molar-refractivity contribution is 6.09. The lowest BCUT2D eigenvalue weighted by Crippen LogP contribution is -2.55. The molecule has 1 aromatic carbocycles. The smallest absolute Gasteiger partial charge is 0.256 e. The first-order valence-corrected chi connectivity index (χ1v) is 9.65. The van der Waals surface area contributed by atoms with E-state index in [1.807, 2.05) is 6.07 Å². The third kappa shape index (κ3) is 3.20. The second-order valence-electron chi connectivity index (χ2n) is 7.61. The van der Waals surface area contributed by atoms with Gasteiger partial charge < -0.3 is 15.5 Å². The summed E-state index contributed by atoms with van der Waals surface area (Å²) in [6.07, 6.45) is 6.54. The fourth-order valence-corrected chi connectivity index (χ4v) is 4.42. The number of nitrogens with one attached hydrogen (secondary N) is 2. The van der Waals surface area contributed by atoms with Crippen LogP contribution in [-0.2, 0) is 9.59 Å². The second kappa shape index (κ2) is 7.09. The fraction of sp³-hybridized carbons (Fsp3) is 0.550. The lowest BCUT2D eigenvalue weighted by molar-refractivity contribution is -0.128. The quantitative estimate of drug-likeness (QED) is 0.854. The molecule has 2 unspecified atom stereocenters. The predicted octanol–water partition coefficient (Wildman–Crippen LogP) is 2.31. The summed E-state index contributed by atoms with van der Waals surface area (Å²) in [7, 11) is 0. The van der Waals surface area contributed by atoms with Crippen LogP contribution in [0.15, 0.2) is 24.3 Å². The molecule has 1 saturated carbocycles. The van der Waals surface area contributed by atoms with Crippen molar-refractivity contribution in [3.63, 3.8) is 0 Å². The normalized spacial score (nSPS) is 26.4. The Morgan fingerprint density at radius 3 is 2.65 bits per heavy atom. The number of fused-ring (bicyclic) bond motifs is 2. The number of amides is 3. The monoisotopic (exact) mass is 355 g/mol. The Kier molecular flexibility index (Phi) is 4.66. The van der Waals surface area contributed by atoms with E-state index in [0.29, 0.717) is 30.6 Å². The maximum atomic E-state index is 12.8. The maximum absolute atomic E-state index is 12.8. The van der Waals surface area contributed by atoms with Crippen LogP contribution in [0, 0.1) is 5.92 Å². The third-order valence-electron chi connectivity index (χ3n) is 5.90. The van der Waals surface area contributed by atoms with Crippen LogP contribution >= 0.6 is 0 Å². The minimum absolute atomic E-state index is 0.0505. The highest BCUT2D eigenvalue weighted by Crippen LogP contribution is 2.29. The van der Waals surface area contributed by atoms with Gasteiger partial charge in [0.1, 0.15) is 6.04 Å². The van der Waals surface area contributed by atoms with Crippen molar-refractivity contribution >= 4 is 23.4 Å². The molecule has 4 rings (SSSR count). The van der Waals surface area contributed by atoms with Crippen molar-refractivity contribution < 1.29 is 14.4 Å². The van der Waals surface area contributed by atoms with E-state index < -0.39 is 6.04 Å². The largest absolute Gasteiger partial charge is 0.353 e. The molecule has 2 N–H and O–H groups in total. The molecule has 1 aliphatic carbocycles. The Hall–Kier alpha value is -2.37. The SMILES string of the molecule is O=C(NC1CCN2C(=O)c3ccccc3NC(=O)C2C1)C1CCCCC1. The predicted molar refractivity (Wildman–Crippen MR) is 97.6 cm³/mol. The molecule has 3 aliphatic rings. The van der Waals surface area contributed by atoms with E-state index in [0.717, 1.165) is 25.7 Å². The number of rotatable bonds is 2. The van der Waals surface area contributed by atoms with Crippen molar-refractivity contribution in [1.82, 2.24) is 10.2 Å². The van der Waals surface area contributed by atoms with E-state index in [1.54, 1.807) is 23.1 Å². The molecule has 2 aliphatic heterocycles. The minimum Gasteiger partial charge on any atom is -0.353 e. The summed E-state index contributed by atoms with van der Waals surface area (Å²) in [5.74, 6) is -0.0525. The zero-order valence-corrected chi connectivity index (χ0v) is 14.9. The summed E-state index contributed by atoms with van der Waals surface area (Å²) in [6.45, 7) is 0.487. The van der Waals surface area contributed by atoms with Crippen LogP contribution in [0.1, 0.15) is 55.3 Å². The Morgan fingerprint density at radius 1 is 1.08 bits per heavy atom. The highest BCUT2D eigenvalue weighted by Gasteiger charge is 2.40. The molecule has 1 aromatic rings. The van der Waals surface area contributed by atoms with Gasteiger partial charge in [0, 0.05) is 18.5 Å². The third-order valence-corrected chi connectivity index (χ3v) is 5.90. The van der Waals surface area contributed by atoms with E-state index in [-0.39, 0.29) is 29.7 Å². The van der Waals surface area contributed by atoms with Gasteiger partial charge in [0.25, 0.3) is 5.91 Å². The number of nitrogens with zero attached hydrogens (tertiary/aromatic N) is 1. The van der Waals surface area contributed by atoms with Gasteiger partial charge in [-0.2, -0.15) is 0 Å². The van der Waals surface area contributed by atoms with E-state index in [9.17, 15) is 14.4 Å². The molecule has 2 atom stereocenters. The van der Waals surface area contributed by atoms with Crippen molar-refractivity contribution in [2.24, 2.45) is 5.92 Å². The summed E-state index contributed by atoms with van der Waals surface area (Å²) >= 11 is 0. The molecular formula is C20H25N3O3. The lowest BCUT2D eigenvalue weighted by atomic mass is 9.88. The summed E-state index contributed by atoms with van der Waals surface area (Å²) in [6, 6.07) is 6.54. The summed E-state index contributed by atoms with van der Waals surface area (Å²) in [5.41, 5.74) is 1.10. The first-order valence-electron chi connectivity index (χ1n) is 9.65. The number of piperidine rings is 1. The number of carbonyl (C=O) groups is 3. The summed E-state index contributed by atoms with van der Waals surface area (Å²) < 4.78 is 0. The van der Waals surface area contributed by atoms with Gasteiger partial charge >= 0.3 is 0 Å². The number of benzene rings is 1. The number of hydrogen-bond donors (Lipinski definition) is 2. The molecule has 6 heteroatoms. The molecule has 2 fully saturated rings. The number of para-hydroxylation sites is 1. The van der Waals surface area contributed by atoms with Gasteiger partial charge in [0.05, 0.1) is 11.3 Å². The first-order chi connectivity index (χ1) is 12.6. The van der Waals surface area contributed by atoms with E-state index in [2.05, 4.69) is 10.6 Å². The summed E-state index contributed by atoms with van der Waals surface area (Å²) in [5, 5.41) is 6.02.